The average molecular weight is 433 g/mol. The summed E-state index contributed by atoms with van der Waals surface area (Å²) < 4.78 is 19.4. The number of benzene rings is 1. The van der Waals surface area contributed by atoms with E-state index >= 15 is 0 Å². The molecule has 0 saturated carbocycles. The van der Waals surface area contributed by atoms with Gasteiger partial charge in [-0.1, -0.05) is 12.1 Å². The SMILES string of the molecule is CCOc1nc(C(=O)N(C)[C@@H](C)c2cnc(C)c3cn[nH]c23)ccc1-c1cccc(F)c1. The highest BCUT2D eigenvalue weighted by Gasteiger charge is 2.24. The van der Waals surface area contributed by atoms with E-state index in [1.807, 2.05) is 20.8 Å². The van der Waals surface area contributed by atoms with E-state index in [1.54, 1.807) is 48.6 Å². The second-order valence-electron chi connectivity index (χ2n) is 7.54. The summed E-state index contributed by atoms with van der Waals surface area (Å²) in [5.74, 6) is -0.328. The lowest BCUT2D eigenvalue weighted by Gasteiger charge is -2.25. The molecule has 3 aromatic heterocycles. The molecular formula is C24H24FN5O2. The molecule has 7 nitrogen and oxygen atoms in total. The number of carbonyl (C=O) groups is 1. The number of nitrogens with one attached hydrogen (secondary N) is 1. The fraction of sp³-hybridized carbons (Fsp3) is 0.250. The molecule has 4 aromatic rings. The number of aromatic nitrogens is 4. The van der Waals surface area contributed by atoms with Crippen molar-refractivity contribution in [2.75, 3.05) is 13.7 Å². The van der Waals surface area contributed by atoms with Crippen LogP contribution in [-0.4, -0.2) is 44.6 Å². The van der Waals surface area contributed by atoms with Gasteiger partial charge in [-0.15, -0.1) is 0 Å². The summed E-state index contributed by atoms with van der Waals surface area (Å²) in [5.41, 5.74) is 4.09. The number of rotatable bonds is 6. The Morgan fingerprint density at radius 2 is 2.06 bits per heavy atom. The largest absolute Gasteiger partial charge is 0.478 e. The number of aryl methyl sites for hydroxylation is 1. The zero-order chi connectivity index (χ0) is 22.8. The Kier molecular flexibility index (Phi) is 5.85. The van der Waals surface area contributed by atoms with Crippen molar-refractivity contribution < 1.29 is 13.9 Å². The van der Waals surface area contributed by atoms with Crippen molar-refractivity contribution in [3.05, 3.63) is 71.6 Å². The van der Waals surface area contributed by atoms with Crippen LogP contribution in [0.25, 0.3) is 22.0 Å². The second-order valence-corrected chi connectivity index (χ2v) is 7.54. The molecule has 32 heavy (non-hydrogen) atoms. The minimum atomic E-state index is -0.351. The number of nitrogens with zero attached hydrogens (tertiary/aromatic N) is 4. The molecule has 1 amide bonds. The molecule has 1 atom stereocenters. The van der Waals surface area contributed by atoms with E-state index in [-0.39, 0.29) is 29.3 Å². The first kappa shape index (κ1) is 21.4. The lowest BCUT2D eigenvalue weighted by Crippen LogP contribution is -2.30. The predicted octanol–water partition coefficient (Wildman–Crippen LogP) is 4.70. The first-order chi connectivity index (χ1) is 15.4. The summed E-state index contributed by atoms with van der Waals surface area (Å²) in [4.78, 5) is 23.8. The third-order valence-corrected chi connectivity index (χ3v) is 5.56. The van der Waals surface area contributed by atoms with Gasteiger partial charge in [0.2, 0.25) is 5.88 Å². The normalized spacial score (nSPS) is 12.0. The van der Waals surface area contributed by atoms with Gasteiger partial charge in [-0.2, -0.15) is 5.10 Å². The molecule has 4 rings (SSSR count). The van der Waals surface area contributed by atoms with E-state index in [2.05, 4.69) is 20.2 Å². The molecule has 0 saturated heterocycles. The molecular weight excluding hydrogens is 409 g/mol. The molecule has 164 valence electrons. The zero-order valence-electron chi connectivity index (χ0n) is 18.4. The van der Waals surface area contributed by atoms with Gasteiger partial charge in [0.25, 0.3) is 5.91 Å². The van der Waals surface area contributed by atoms with Crippen molar-refractivity contribution >= 4 is 16.8 Å². The fourth-order valence-corrected chi connectivity index (χ4v) is 3.64. The summed E-state index contributed by atoms with van der Waals surface area (Å²) in [5, 5.41) is 8.05. The maximum atomic E-state index is 13.7. The first-order valence-electron chi connectivity index (χ1n) is 10.4. The van der Waals surface area contributed by atoms with Gasteiger partial charge in [0.15, 0.2) is 0 Å². The number of pyridine rings is 2. The molecule has 0 aliphatic carbocycles. The maximum Gasteiger partial charge on any atom is 0.272 e. The van der Waals surface area contributed by atoms with Crippen molar-refractivity contribution in [2.45, 2.75) is 26.8 Å². The number of carbonyl (C=O) groups excluding carboxylic acids is 1. The van der Waals surface area contributed by atoms with Crippen LogP contribution in [0.3, 0.4) is 0 Å². The molecule has 0 bridgehead atoms. The summed E-state index contributed by atoms with van der Waals surface area (Å²) >= 11 is 0. The van der Waals surface area contributed by atoms with Crippen LogP contribution in [0.2, 0.25) is 0 Å². The lowest BCUT2D eigenvalue weighted by molar-refractivity contribution is 0.0736. The van der Waals surface area contributed by atoms with Crippen LogP contribution in [0.5, 0.6) is 5.88 Å². The lowest BCUT2D eigenvalue weighted by atomic mass is 10.0. The van der Waals surface area contributed by atoms with Crippen LogP contribution in [0.15, 0.2) is 48.8 Å². The van der Waals surface area contributed by atoms with E-state index in [9.17, 15) is 9.18 Å². The molecule has 0 fully saturated rings. The monoisotopic (exact) mass is 433 g/mol. The van der Waals surface area contributed by atoms with Crippen molar-refractivity contribution in [1.82, 2.24) is 25.1 Å². The van der Waals surface area contributed by atoms with E-state index < -0.39 is 0 Å². The summed E-state index contributed by atoms with van der Waals surface area (Å²) in [6.45, 7) is 6.04. The van der Waals surface area contributed by atoms with Crippen molar-refractivity contribution in [3.8, 4) is 17.0 Å². The van der Waals surface area contributed by atoms with Gasteiger partial charge in [0.05, 0.1) is 24.4 Å². The van der Waals surface area contributed by atoms with E-state index in [0.29, 0.717) is 17.7 Å². The van der Waals surface area contributed by atoms with Gasteiger partial charge in [-0.3, -0.25) is 14.9 Å². The number of H-pyrrole nitrogens is 1. The van der Waals surface area contributed by atoms with Gasteiger partial charge in [-0.05, 0) is 50.6 Å². The number of halogens is 1. The number of hydrogen-bond acceptors (Lipinski definition) is 5. The van der Waals surface area contributed by atoms with Gasteiger partial charge in [0.1, 0.15) is 11.5 Å². The Labute approximate surface area is 185 Å². The maximum absolute atomic E-state index is 13.7. The second kappa shape index (κ2) is 8.74. The number of ether oxygens (including phenoxy) is 1. The molecule has 1 aromatic carbocycles. The highest BCUT2D eigenvalue weighted by molar-refractivity contribution is 5.94. The molecule has 0 aliphatic rings. The smallest absolute Gasteiger partial charge is 0.272 e. The van der Waals surface area contributed by atoms with Gasteiger partial charge in [-0.25, -0.2) is 9.37 Å². The first-order valence-corrected chi connectivity index (χ1v) is 10.4. The fourth-order valence-electron chi connectivity index (χ4n) is 3.64. The van der Waals surface area contributed by atoms with Crippen LogP contribution in [-0.2, 0) is 0 Å². The highest BCUT2D eigenvalue weighted by Crippen LogP contribution is 2.31. The van der Waals surface area contributed by atoms with E-state index in [0.717, 1.165) is 22.2 Å². The Bertz CT molecular complexity index is 1290. The average Bonchev–Trinajstić information content (AvgIpc) is 3.29. The third kappa shape index (κ3) is 3.91. The number of fused-ring (bicyclic) bond motifs is 1. The number of aromatic amines is 1. The van der Waals surface area contributed by atoms with Crippen LogP contribution < -0.4 is 4.74 Å². The Morgan fingerprint density at radius 3 is 2.81 bits per heavy atom. The topological polar surface area (TPSA) is 84.0 Å². The van der Waals surface area contributed by atoms with Crippen molar-refractivity contribution in [1.29, 1.82) is 0 Å². The van der Waals surface area contributed by atoms with Gasteiger partial charge >= 0.3 is 0 Å². The zero-order valence-corrected chi connectivity index (χ0v) is 18.4. The summed E-state index contributed by atoms with van der Waals surface area (Å²) in [6, 6.07) is 9.28. The minimum absolute atomic E-state index is 0.240. The molecule has 3 heterocycles. The van der Waals surface area contributed by atoms with Crippen LogP contribution in [0.1, 0.15) is 41.6 Å². The molecule has 0 aliphatic heterocycles. The quantitative estimate of drug-likeness (QED) is 0.477. The number of amides is 1. The molecule has 0 spiro atoms. The third-order valence-electron chi connectivity index (χ3n) is 5.56. The van der Waals surface area contributed by atoms with E-state index in [1.165, 1.54) is 12.1 Å². The van der Waals surface area contributed by atoms with Gasteiger partial charge < -0.3 is 9.64 Å². The number of hydrogen-bond donors (Lipinski definition) is 1. The standard InChI is InChI=1S/C24H24FN5O2/c1-5-32-23-18(16-7-6-8-17(25)11-16)9-10-21(28-23)24(31)30(4)15(3)20-12-26-14(2)19-13-27-29-22(19)20/h6-13,15H,5H2,1-4H3,(H,27,29)/t15-/m0/s1. The van der Waals surface area contributed by atoms with Crippen molar-refractivity contribution in [2.24, 2.45) is 0 Å². The molecule has 8 heteroatoms. The van der Waals surface area contributed by atoms with Crippen LogP contribution in [0.4, 0.5) is 4.39 Å². The highest BCUT2D eigenvalue weighted by atomic mass is 19.1. The Morgan fingerprint density at radius 1 is 1.25 bits per heavy atom. The van der Waals surface area contributed by atoms with Crippen LogP contribution in [0, 0.1) is 12.7 Å². The minimum Gasteiger partial charge on any atom is -0.478 e. The summed E-state index contributed by atoms with van der Waals surface area (Å²) in [7, 11) is 1.72. The Balaban J connectivity index is 1.66. The molecule has 0 unspecified atom stereocenters. The Hall–Kier alpha value is -3.81. The molecule has 0 radical (unpaired) electrons. The van der Waals surface area contributed by atoms with E-state index in [4.69, 9.17) is 4.74 Å². The van der Waals surface area contributed by atoms with Crippen LogP contribution >= 0.6 is 0 Å². The van der Waals surface area contributed by atoms with Gasteiger partial charge in [0, 0.05) is 35.5 Å². The predicted molar refractivity (Wildman–Crippen MR) is 120 cm³/mol. The molecule has 1 N–H and O–H groups in total. The summed E-state index contributed by atoms with van der Waals surface area (Å²) in [6.07, 6.45) is 3.49. The van der Waals surface area contributed by atoms with Crippen molar-refractivity contribution in [3.63, 3.8) is 0 Å².